The Hall–Kier alpha value is -0.870. The van der Waals surface area contributed by atoms with Crippen LogP contribution in [0, 0.1) is 6.92 Å². The summed E-state index contributed by atoms with van der Waals surface area (Å²) in [5.41, 5.74) is 2.47. The van der Waals surface area contributed by atoms with E-state index in [2.05, 4.69) is 47.0 Å². The van der Waals surface area contributed by atoms with Crippen LogP contribution in [-0.2, 0) is 13.1 Å². The Morgan fingerprint density at radius 2 is 2.39 bits per heavy atom. The van der Waals surface area contributed by atoms with Crippen LogP contribution in [0.25, 0.3) is 0 Å². The van der Waals surface area contributed by atoms with E-state index in [-0.39, 0.29) is 0 Å². The van der Waals surface area contributed by atoms with Crippen LogP contribution in [0.2, 0.25) is 0 Å². The molecule has 0 aromatic carbocycles. The minimum Gasteiger partial charge on any atom is -0.313 e. The first-order valence-electron chi connectivity index (χ1n) is 7.14. The zero-order valence-electron chi connectivity index (χ0n) is 11.9. The second kappa shape index (κ2) is 6.34. The van der Waals surface area contributed by atoms with E-state index >= 15 is 0 Å². The average Bonchev–Trinajstić information content (AvgIpc) is 2.90. The van der Waals surface area contributed by atoms with Gasteiger partial charge in [0.1, 0.15) is 0 Å². The zero-order valence-corrected chi connectivity index (χ0v) is 11.9. The molecule has 2 heterocycles. The minimum atomic E-state index is 0.679. The third-order valence-electron chi connectivity index (χ3n) is 3.55. The van der Waals surface area contributed by atoms with Gasteiger partial charge in [-0.1, -0.05) is 6.92 Å². The second-order valence-corrected chi connectivity index (χ2v) is 5.49. The first kappa shape index (κ1) is 13.6. The van der Waals surface area contributed by atoms with Gasteiger partial charge in [-0.2, -0.15) is 5.10 Å². The van der Waals surface area contributed by atoms with Crippen LogP contribution in [-0.4, -0.2) is 40.9 Å². The monoisotopic (exact) mass is 250 g/mol. The molecule has 4 heteroatoms. The third-order valence-corrected chi connectivity index (χ3v) is 3.55. The van der Waals surface area contributed by atoms with Gasteiger partial charge in [-0.3, -0.25) is 9.58 Å². The summed E-state index contributed by atoms with van der Waals surface area (Å²) in [5.74, 6) is 0. The molecule has 1 N–H and O–H groups in total. The first-order chi connectivity index (χ1) is 8.69. The Balaban J connectivity index is 1.90. The number of likely N-dealkylation sites (N-methyl/N-ethyl adjacent to an activating group) is 1. The largest absolute Gasteiger partial charge is 0.313 e. The molecule has 102 valence electrons. The van der Waals surface area contributed by atoms with Crippen molar-refractivity contribution in [2.75, 3.05) is 20.1 Å². The van der Waals surface area contributed by atoms with Crippen molar-refractivity contribution in [3.05, 3.63) is 17.5 Å². The maximum atomic E-state index is 4.56. The van der Waals surface area contributed by atoms with E-state index in [0.29, 0.717) is 6.04 Å². The molecule has 18 heavy (non-hydrogen) atoms. The molecule has 1 aliphatic heterocycles. The molecule has 0 radical (unpaired) electrons. The van der Waals surface area contributed by atoms with Crippen LogP contribution in [0.15, 0.2) is 6.07 Å². The summed E-state index contributed by atoms with van der Waals surface area (Å²) in [6.45, 7) is 8.63. The fourth-order valence-corrected chi connectivity index (χ4v) is 2.76. The summed E-state index contributed by atoms with van der Waals surface area (Å²) < 4.78 is 2.16. The van der Waals surface area contributed by atoms with Crippen molar-refractivity contribution in [2.45, 2.75) is 52.2 Å². The van der Waals surface area contributed by atoms with Crippen molar-refractivity contribution in [2.24, 2.45) is 0 Å². The van der Waals surface area contributed by atoms with E-state index < -0.39 is 0 Å². The maximum absolute atomic E-state index is 4.56. The van der Waals surface area contributed by atoms with Crippen LogP contribution in [0.5, 0.6) is 0 Å². The standard InChI is InChI=1S/C14H26N4/c1-4-8-18-14(9-12(2)16-18)11-17(3)10-13-6-5-7-15-13/h9,13,15H,4-8,10-11H2,1-3H3/t13-/m1/s1. The van der Waals surface area contributed by atoms with Gasteiger partial charge in [0.25, 0.3) is 0 Å². The molecule has 1 fully saturated rings. The van der Waals surface area contributed by atoms with Gasteiger partial charge < -0.3 is 5.32 Å². The lowest BCUT2D eigenvalue weighted by molar-refractivity contribution is 0.284. The second-order valence-electron chi connectivity index (χ2n) is 5.49. The number of aromatic nitrogens is 2. The van der Waals surface area contributed by atoms with Crippen molar-refractivity contribution in [3.8, 4) is 0 Å². The molecule has 0 spiro atoms. The highest BCUT2D eigenvalue weighted by Gasteiger charge is 2.16. The summed E-state index contributed by atoms with van der Waals surface area (Å²) in [4.78, 5) is 2.41. The number of nitrogens with zero attached hydrogens (tertiary/aromatic N) is 3. The molecule has 2 rings (SSSR count). The van der Waals surface area contributed by atoms with Crippen LogP contribution in [0.1, 0.15) is 37.6 Å². The minimum absolute atomic E-state index is 0.679. The molecule has 0 saturated carbocycles. The molecule has 1 aliphatic rings. The molecule has 1 aromatic heterocycles. The van der Waals surface area contributed by atoms with Crippen LogP contribution in [0.4, 0.5) is 0 Å². The Labute approximate surface area is 110 Å². The van der Waals surface area contributed by atoms with E-state index in [4.69, 9.17) is 0 Å². The van der Waals surface area contributed by atoms with E-state index in [1.807, 2.05) is 0 Å². The van der Waals surface area contributed by atoms with Crippen molar-refractivity contribution in [1.82, 2.24) is 20.0 Å². The summed E-state index contributed by atoms with van der Waals surface area (Å²) in [6.07, 6.45) is 3.78. The van der Waals surface area contributed by atoms with Gasteiger partial charge in [0.2, 0.25) is 0 Å². The topological polar surface area (TPSA) is 33.1 Å². The molecule has 1 saturated heterocycles. The van der Waals surface area contributed by atoms with Gasteiger partial charge in [0.15, 0.2) is 0 Å². The molecule has 4 nitrogen and oxygen atoms in total. The lowest BCUT2D eigenvalue weighted by Crippen LogP contribution is -2.35. The average molecular weight is 250 g/mol. The molecule has 0 amide bonds. The fraction of sp³-hybridized carbons (Fsp3) is 0.786. The molecule has 0 unspecified atom stereocenters. The van der Waals surface area contributed by atoms with Crippen molar-refractivity contribution in [3.63, 3.8) is 0 Å². The number of aryl methyl sites for hydroxylation is 2. The normalized spacial score (nSPS) is 19.9. The van der Waals surface area contributed by atoms with Crippen molar-refractivity contribution in [1.29, 1.82) is 0 Å². The summed E-state index contributed by atoms with van der Waals surface area (Å²) in [6, 6.07) is 2.90. The van der Waals surface area contributed by atoms with Gasteiger partial charge in [-0.25, -0.2) is 0 Å². The maximum Gasteiger partial charge on any atom is 0.0597 e. The van der Waals surface area contributed by atoms with Crippen LogP contribution >= 0.6 is 0 Å². The van der Waals surface area contributed by atoms with E-state index in [9.17, 15) is 0 Å². The zero-order chi connectivity index (χ0) is 13.0. The Bertz CT molecular complexity index is 366. The quantitative estimate of drug-likeness (QED) is 0.835. The lowest BCUT2D eigenvalue weighted by Gasteiger charge is -2.21. The number of hydrogen-bond donors (Lipinski definition) is 1. The smallest absolute Gasteiger partial charge is 0.0597 e. The molecule has 0 bridgehead atoms. The van der Waals surface area contributed by atoms with Gasteiger partial charge in [0, 0.05) is 25.7 Å². The number of hydrogen-bond acceptors (Lipinski definition) is 3. The first-order valence-corrected chi connectivity index (χ1v) is 7.14. The van der Waals surface area contributed by atoms with Crippen molar-refractivity contribution < 1.29 is 0 Å². The fourth-order valence-electron chi connectivity index (χ4n) is 2.76. The highest BCUT2D eigenvalue weighted by Crippen LogP contribution is 2.10. The molecular formula is C14H26N4. The van der Waals surface area contributed by atoms with Crippen molar-refractivity contribution >= 4 is 0 Å². The number of rotatable bonds is 6. The predicted molar refractivity (Wildman–Crippen MR) is 74.6 cm³/mol. The summed E-state index contributed by atoms with van der Waals surface area (Å²) in [5, 5.41) is 8.11. The third kappa shape index (κ3) is 3.56. The Morgan fingerprint density at radius 3 is 3.06 bits per heavy atom. The summed E-state index contributed by atoms with van der Waals surface area (Å²) >= 11 is 0. The molecule has 1 aromatic rings. The van der Waals surface area contributed by atoms with Crippen LogP contribution in [0.3, 0.4) is 0 Å². The summed E-state index contributed by atoms with van der Waals surface area (Å²) in [7, 11) is 2.21. The van der Waals surface area contributed by atoms with Gasteiger partial charge in [-0.05, 0) is 45.8 Å². The van der Waals surface area contributed by atoms with Gasteiger partial charge in [-0.15, -0.1) is 0 Å². The SMILES string of the molecule is CCCn1nc(C)cc1CN(C)C[C@H]1CCCN1. The van der Waals surface area contributed by atoms with E-state index in [0.717, 1.165) is 31.7 Å². The highest BCUT2D eigenvalue weighted by atomic mass is 15.3. The molecular weight excluding hydrogens is 224 g/mol. The van der Waals surface area contributed by atoms with Crippen LogP contribution < -0.4 is 5.32 Å². The highest BCUT2D eigenvalue weighted by molar-refractivity contribution is 5.08. The van der Waals surface area contributed by atoms with Gasteiger partial charge >= 0.3 is 0 Å². The van der Waals surface area contributed by atoms with E-state index in [1.165, 1.54) is 25.1 Å². The number of nitrogens with one attached hydrogen (secondary N) is 1. The molecule has 0 aliphatic carbocycles. The Kier molecular flexibility index (Phi) is 4.78. The molecule has 1 atom stereocenters. The Morgan fingerprint density at radius 1 is 1.56 bits per heavy atom. The van der Waals surface area contributed by atoms with Gasteiger partial charge in [0.05, 0.1) is 11.4 Å². The van der Waals surface area contributed by atoms with E-state index in [1.54, 1.807) is 0 Å². The lowest BCUT2D eigenvalue weighted by atomic mass is 10.2. The predicted octanol–water partition coefficient (Wildman–Crippen LogP) is 1.79.